The standard InChI is InChI=1S/C21H16ClN3O4/c1-23-19(26)21(28)15-12-9-10(22)7-8-13(12)24-16(15)17-18(29-2)11-5-3-4-6-14(11)25(17)20(21)27/h3-9,24,28H,1-2H3,(H,23,26)/t21-/m1/s1. The Balaban J connectivity index is 2.03. The van der Waals surface area contributed by atoms with Crippen molar-refractivity contribution in [2.45, 2.75) is 5.60 Å². The lowest BCUT2D eigenvalue weighted by molar-refractivity contribution is -0.135. The minimum absolute atomic E-state index is 0.160. The van der Waals surface area contributed by atoms with Gasteiger partial charge in [0.25, 0.3) is 17.4 Å². The lowest BCUT2D eigenvalue weighted by Gasteiger charge is -2.31. The SMILES string of the molecule is CNC(=O)[C@@]1(O)C(=O)n2c(c(OC)c3ccccc32)-c2[nH]c3ccc(Cl)cc3c21. The number of methoxy groups -OCH3 is 1. The van der Waals surface area contributed by atoms with Gasteiger partial charge in [0.1, 0.15) is 5.69 Å². The van der Waals surface area contributed by atoms with Crippen molar-refractivity contribution in [2.24, 2.45) is 0 Å². The van der Waals surface area contributed by atoms with Gasteiger partial charge >= 0.3 is 0 Å². The summed E-state index contributed by atoms with van der Waals surface area (Å²) in [7, 11) is 2.89. The zero-order valence-electron chi connectivity index (χ0n) is 15.5. The summed E-state index contributed by atoms with van der Waals surface area (Å²) >= 11 is 6.17. The average molecular weight is 410 g/mol. The molecule has 3 N–H and O–H groups in total. The predicted octanol–water partition coefficient (Wildman–Crippen LogP) is 3.04. The highest BCUT2D eigenvalue weighted by Gasteiger charge is 2.54. The topological polar surface area (TPSA) is 96.4 Å². The first-order valence-corrected chi connectivity index (χ1v) is 9.30. The number of aliphatic hydroxyl groups is 1. The van der Waals surface area contributed by atoms with E-state index >= 15 is 0 Å². The summed E-state index contributed by atoms with van der Waals surface area (Å²) in [6.07, 6.45) is 0. The van der Waals surface area contributed by atoms with Gasteiger partial charge in [0, 0.05) is 33.9 Å². The summed E-state index contributed by atoms with van der Waals surface area (Å²) in [5, 5.41) is 15.6. The first-order valence-electron chi connectivity index (χ1n) is 8.92. The number of nitrogens with one attached hydrogen (secondary N) is 2. The van der Waals surface area contributed by atoms with E-state index in [1.54, 1.807) is 30.3 Å². The molecule has 0 spiro atoms. The molecule has 2 aromatic carbocycles. The Kier molecular flexibility index (Phi) is 3.59. The molecule has 0 saturated carbocycles. The van der Waals surface area contributed by atoms with E-state index < -0.39 is 17.4 Å². The van der Waals surface area contributed by atoms with Gasteiger partial charge in [-0.25, -0.2) is 0 Å². The number of amides is 1. The number of para-hydroxylation sites is 1. The van der Waals surface area contributed by atoms with Crippen LogP contribution in [0.25, 0.3) is 33.2 Å². The summed E-state index contributed by atoms with van der Waals surface area (Å²) in [5.41, 5.74) is -0.222. The van der Waals surface area contributed by atoms with Crippen LogP contribution in [0.2, 0.25) is 5.02 Å². The van der Waals surface area contributed by atoms with Crippen molar-refractivity contribution in [1.82, 2.24) is 14.9 Å². The third-order valence-corrected chi connectivity index (χ3v) is 5.69. The molecule has 0 aliphatic carbocycles. The largest absolute Gasteiger partial charge is 0.494 e. The Morgan fingerprint density at radius 3 is 2.72 bits per heavy atom. The molecule has 2 aromatic heterocycles. The quantitative estimate of drug-likeness (QED) is 0.443. The third-order valence-electron chi connectivity index (χ3n) is 5.46. The van der Waals surface area contributed by atoms with Gasteiger partial charge in [0.15, 0.2) is 5.75 Å². The molecular formula is C21H16ClN3O4. The van der Waals surface area contributed by atoms with E-state index in [1.165, 1.54) is 18.7 Å². The summed E-state index contributed by atoms with van der Waals surface area (Å²) in [6.45, 7) is 0. The lowest BCUT2D eigenvalue weighted by atomic mass is 9.85. The van der Waals surface area contributed by atoms with Crippen LogP contribution in [0.15, 0.2) is 42.5 Å². The fourth-order valence-electron chi connectivity index (χ4n) is 4.23. The van der Waals surface area contributed by atoms with Gasteiger partial charge in [0.2, 0.25) is 0 Å². The summed E-state index contributed by atoms with van der Waals surface area (Å²) in [5.74, 6) is -1.13. The molecule has 146 valence electrons. The Morgan fingerprint density at radius 1 is 1.24 bits per heavy atom. The van der Waals surface area contributed by atoms with Crippen molar-refractivity contribution in [3.8, 4) is 17.1 Å². The highest BCUT2D eigenvalue weighted by molar-refractivity contribution is 6.31. The first kappa shape index (κ1) is 17.8. The predicted molar refractivity (Wildman–Crippen MR) is 109 cm³/mol. The Labute approximate surface area is 169 Å². The van der Waals surface area contributed by atoms with Crippen LogP contribution in [0, 0.1) is 0 Å². The normalized spacial score (nSPS) is 18.0. The number of benzene rings is 2. The van der Waals surface area contributed by atoms with E-state index in [1.807, 2.05) is 12.1 Å². The van der Waals surface area contributed by atoms with Crippen LogP contribution in [0.5, 0.6) is 5.75 Å². The molecule has 1 aliphatic heterocycles. The van der Waals surface area contributed by atoms with Crippen LogP contribution in [0.4, 0.5) is 0 Å². The number of halogens is 1. The van der Waals surface area contributed by atoms with Crippen LogP contribution in [0.3, 0.4) is 0 Å². The zero-order chi connectivity index (χ0) is 20.5. The molecule has 4 aromatic rings. The molecule has 1 amide bonds. The van der Waals surface area contributed by atoms with E-state index in [9.17, 15) is 14.7 Å². The second-order valence-electron chi connectivity index (χ2n) is 6.89. The molecular weight excluding hydrogens is 394 g/mol. The number of carbonyl (C=O) groups excluding carboxylic acids is 2. The number of H-pyrrole nitrogens is 1. The monoisotopic (exact) mass is 409 g/mol. The van der Waals surface area contributed by atoms with E-state index in [0.29, 0.717) is 44.0 Å². The Hall–Kier alpha value is -3.29. The molecule has 0 unspecified atom stereocenters. The highest BCUT2D eigenvalue weighted by atomic mass is 35.5. The molecule has 1 aliphatic rings. The number of hydrogen-bond donors (Lipinski definition) is 3. The minimum atomic E-state index is -2.44. The second kappa shape index (κ2) is 5.85. The van der Waals surface area contributed by atoms with Gasteiger partial charge < -0.3 is 20.1 Å². The number of hydrogen-bond acceptors (Lipinski definition) is 4. The maximum Gasteiger partial charge on any atom is 0.278 e. The third kappa shape index (κ3) is 2.06. The van der Waals surface area contributed by atoms with Crippen LogP contribution in [-0.4, -0.2) is 40.6 Å². The van der Waals surface area contributed by atoms with Gasteiger partial charge in [-0.3, -0.25) is 14.2 Å². The number of nitrogens with zero attached hydrogens (tertiary/aromatic N) is 1. The molecule has 0 radical (unpaired) electrons. The van der Waals surface area contributed by atoms with Crippen molar-refractivity contribution in [3.63, 3.8) is 0 Å². The Bertz CT molecular complexity index is 1350. The molecule has 29 heavy (non-hydrogen) atoms. The van der Waals surface area contributed by atoms with Crippen molar-refractivity contribution in [2.75, 3.05) is 14.2 Å². The maximum absolute atomic E-state index is 13.6. The Morgan fingerprint density at radius 2 is 2.00 bits per heavy atom. The van der Waals surface area contributed by atoms with Crippen LogP contribution in [-0.2, 0) is 10.4 Å². The second-order valence-corrected chi connectivity index (χ2v) is 7.33. The van der Waals surface area contributed by atoms with Crippen molar-refractivity contribution in [3.05, 3.63) is 53.1 Å². The smallest absolute Gasteiger partial charge is 0.278 e. The van der Waals surface area contributed by atoms with Crippen molar-refractivity contribution in [1.29, 1.82) is 0 Å². The van der Waals surface area contributed by atoms with Gasteiger partial charge in [-0.15, -0.1) is 0 Å². The number of carbonyl (C=O) groups is 2. The molecule has 0 bridgehead atoms. The molecule has 8 heteroatoms. The molecule has 0 saturated heterocycles. The zero-order valence-corrected chi connectivity index (χ0v) is 16.3. The van der Waals surface area contributed by atoms with E-state index in [-0.39, 0.29) is 5.56 Å². The summed E-state index contributed by atoms with van der Waals surface area (Å²) in [6, 6.07) is 12.2. The molecule has 5 rings (SSSR count). The molecule has 0 fully saturated rings. The number of aromatic amines is 1. The van der Waals surface area contributed by atoms with E-state index in [0.717, 1.165) is 0 Å². The fourth-order valence-corrected chi connectivity index (χ4v) is 4.40. The van der Waals surface area contributed by atoms with Gasteiger partial charge in [-0.05, 0) is 30.3 Å². The number of aromatic nitrogens is 2. The van der Waals surface area contributed by atoms with Gasteiger partial charge in [0.05, 0.1) is 18.3 Å². The number of rotatable bonds is 2. The van der Waals surface area contributed by atoms with Crippen LogP contribution in [0.1, 0.15) is 10.4 Å². The molecule has 7 nitrogen and oxygen atoms in total. The van der Waals surface area contributed by atoms with Gasteiger partial charge in [-0.2, -0.15) is 0 Å². The van der Waals surface area contributed by atoms with Crippen molar-refractivity contribution >= 4 is 45.2 Å². The lowest BCUT2D eigenvalue weighted by Crippen LogP contribution is -2.53. The minimum Gasteiger partial charge on any atom is -0.494 e. The number of ether oxygens (including phenoxy) is 1. The maximum atomic E-state index is 13.6. The highest BCUT2D eigenvalue weighted by Crippen LogP contribution is 2.50. The van der Waals surface area contributed by atoms with Gasteiger partial charge in [-0.1, -0.05) is 23.7 Å². The summed E-state index contributed by atoms with van der Waals surface area (Å²) < 4.78 is 6.98. The number of likely N-dealkylation sites (N-methyl/N-ethyl adjacent to an activating group) is 1. The first-order chi connectivity index (χ1) is 13.9. The fraction of sp³-hybridized carbons (Fsp3) is 0.143. The van der Waals surface area contributed by atoms with E-state index in [2.05, 4.69) is 10.3 Å². The molecule has 3 heterocycles. The average Bonchev–Trinajstić information content (AvgIpc) is 3.26. The van der Waals surface area contributed by atoms with Crippen molar-refractivity contribution < 1.29 is 19.4 Å². The van der Waals surface area contributed by atoms with Crippen LogP contribution < -0.4 is 10.1 Å². The number of fused-ring (bicyclic) bond motifs is 7. The molecule has 1 atom stereocenters. The van der Waals surface area contributed by atoms with E-state index in [4.69, 9.17) is 16.3 Å². The van der Waals surface area contributed by atoms with Crippen LogP contribution >= 0.6 is 11.6 Å². The summed E-state index contributed by atoms with van der Waals surface area (Å²) in [4.78, 5) is 29.7.